The molecule has 1 fully saturated rings. The quantitative estimate of drug-likeness (QED) is 0.722. The highest BCUT2D eigenvalue weighted by Crippen LogP contribution is 2.24. The zero-order valence-corrected chi connectivity index (χ0v) is 13.6. The maximum Gasteiger partial charge on any atom is 0.209 e. The van der Waals surface area contributed by atoms with E-state index in [1.165, 1.54) is 19.3 Å². The Morgan fingerprint density at radius 3 is 2.92 bits per heavy atom. The number of benzene rings is 1. The third-order valence-electron chi connectivity index (χ3n) is 4.56. The minimum Gasteiger partial charge on any atom is -0.439 e. The standard InChI is InChI=1S/C18H21N5O/c1-2-6-15(7-3-1)17-10-20-18(24-17)12-22-9-5-4-8-16(22)11-23-14-19-13-21-23/h1-3,6-7,10,13-14,16H,4-5,8-9,11-12H2. The van der Waals surface area contributed by atoms with E-state index in [4.69, 9.17) is 4.42 Å². The molecule has 0 radical (unpaired) electrons. The fourth-order valence-corrected chi connectivity index (χ4v) is 3.31. The zero-order chi connectivity index (χ0) is 16.2. The number of oxazole rings is 1. The fourth-order valence-electron chi connectivity index (χ4n) is 3.31. The molecular formula is C18H21N5O. The second-order valence-electron chi connectivity index (χ2n) is 6.22. The highest BCUT2D eigenvalue weighted by molar-refractivity contribution is 5.55. The van der Waals surface area contributed by atoms with Gasteiger partial charge in [-0.15, -0.1) is 0 Å². The lowest BCUT2D eigenvalue weighted by atomic mass is 10.0. The van der Waals surface area contributed by atoms with Gasteiger partial charge in [0.1, 0.15) is 12.7 Å². The summed E-state index contributed by atoms with van der Waals surface area (Å²) in [6.45, 7) is 2.68. The van der Waals surface area contributed by atoms with Gasteiger partial charge in [0.25, 0.3) is 0 Å². The van der Waals surface area contributed by atoms with Crippen molar-refractivity contribution in [1.29, 1.82) is 0 Å². The summed E-state index contributed by atoms with van der Waals surface area (Å²) in [6, 6.07) is 10.6. The number of hydrogen-bond donors (Lipinski definition) is 0. The van der Waals surface area contributed by atoms with Crippen molar-refractivity contribution in [2.45, 2.75) is 38.4 Å². The normalized spacial score (nSPS) is 18.8. The summed E-state index contributed by atoms with van der Waals surface area (Å²) in [5, 5.41) is 4.24. The van der Waals surface area contributed by atoms with E-state index in [-0.39, 0.29) is 0 Å². The van der Waals surface area contributed by atoms with E-state index in [1.807, 2.05) is 41.2 Å². The largest absolute Gasteiger partial charge is 0.439 e. The molecule has 0 aliphatic carbocycles. The lowest BCUT2D eigenvalue weighted by Gasteiger charge is -2.34. The van der Waals surface area contributed by atoms with E-state index in [2.05, 4.69) is 20.0 Å². The summed E-state index contributed by atoms with van der Waals surface area (Å²) in [7, 11) is 0. The van der Waals surface area contributed by atoms with E-state index in [0.717, 1.165) is 36.8 Å². The van der Waals surface area contributed by atoms with Crippen molar-refractivity contribution in [3.05, 3.63) is 55.1 Å². The molecule has 6 heteroatoms. The van der Waals surface area contributed by atoms with E-state index < -0.39 is 0 Å². The van der Waals surface area contributed by atoms with Crippen LogP contribution in [0.4, 0.5) is 0 Å². The van der Waals surface area contributed by atoms with E-state index in [9.17, 15) is 0 Å². The Morgan fingerprint density at radius 1 is 1.17 bits per heavy atom. The average molecular weight is 323 g/mol. The Labute approximate surface area is 141 Å². The van der Waals surface area contributed by atoms with Gasteiger partial charge in [-0.2, -0.15) is 5.10 Å². The number of rotatable bonds is 5. The minimum atomic E-state index is 0.451. The second kappa shape index (κ2) is 6.97. The third-order valence-corrected chi connectivity index (χ3v) is 4.56. The first kappa shape index (κ1) is 15.1. The lowest BCUT2D eigenvalue weighted by Crippen LogP contribution is -2.41. The summed E-state index contributed by atoms with van der Waals surface area (Å²) in [5.74, 6) is 1.61. The van der Waals surface area contributed by atoms with Crippen molar-refractivity contribution in [2.24, 2.45) is 0 Å². The molecule has 1 aliphatic rings. The lowest BCUT2D eigenvalue weighted by molar-refractivity contribution is 0.111. The van der Waals surface area contributed by atoms with Gasteiger partial charge in [0.05, 0.1) is 19.3 Å². The average Bonchev–Trinajstić information content (AvgIpc) is 3.29. The van der Waals surface area contributed by atoms with Gasteiger partial charge in [-0.05, 0) is 19.4 Å². The molecule has 1 saturated heterocycles. The highest BCUT2D eigenvalue weighted by Gasteiger charge is 2.24. The molecule has 1 aliphatic heterocycles. The highest BCUT2D eigenvalue weighted by atomic mass is 16.4. The predicted molar refractivity (Wildman–Crippen MR) is 90.0 cm³/mol. The van der Waals surface area contributed by atoms with Gasteiger partial charge in [-0.1, -0.05) is 36.8 Å². The molecule has 0 spiro atoms. The van der Waals surface area contributed by atoms with Crippen LogP contribution in [0.25, 0.3) is 11.3 Å². The molecule has 0 saturated carbocycles. The molecule has 6 nitrogen and oxygen atoms in total. The summed E-state index contributed by atoms with van der Waals surface area (Å²) in [6.07, 6.45) is 8.85. The Morgan fingerprint density at radius 2 is 2.08 bits per heavy atom. The summed E-state index contributed by atoms with van der Waals surface area (Å²) in [4.78, 5) is 11.0. The first-order valence-corrected chi connectivity index (χ1v) is 8.45. The number of nitrogens with zero attached hydrogens (tertiary/aromatic N) is 5. The van der Waals surface area contributed by atoms with Crippen LogP contribution in [0, 0.1) is 0 Å². The van der Waals surface area contributed by atoms with Crippen LogP contribution in [-0.4, -0.2) is 37.2 Å². The first-order chi connectivity index (χ1) is 11.9. The topological polar surface area (TPSA) is 60.0 Å². The molecule has 2 aromatic heterocycles. The molecule has 4 rings (SSSR count). The maximum absolute atomic E-state index is 5.97. The van der Waals surface area contributed by atoms with Crippen molar-refractivity contribution >= 4 is 0 Å². The molecule has 3 heterocycles. The molecule has 0 N–H and O–H groups in total. The summed E-state index contributed by atoms with van der Waals surface area (Å²) in [5.41, 5.74) is 1.06. The minimum absolute atomic E-state index is 0.451. The molecule has 124 valence electrons. The Kier molecular flexibility index (Phi) is 4.38. The zero-order valence-electron chi connectivity index (χ0n) is 13.6. The van der Waals surface area contributed by atoms with E-state index in [0.29, 0.717) is 6.04 Å². The number of likely N-dealkylation sites (tertiary alicyclic amines) is 1. The van der Waals surface area contributed by atoms with Crippen LogP contribution in [0.15, 0.2) is 53.6 Å². The molecule has 0 bridgehead atoms. The number of piperidine rings is 1. The van der Waals surface area contributed by atoms with Crippen molar-refractivity contribution in [2.75, 3.05) is 6.54 Å². The van der Waals surface area contributed by atoms with Crippen molar-refractivity contribution in [3.8, 4) is 11.3 Å². The van der Waals surface area contributed by atoms with Gasteiger partial charge in [-0.25, -0.2) is 9.97 Å². The van der Waals surface area contributed by atoms with Crippen molar-refractivity contribution in [3.63, 3.8) is 0 Å². The van der Waals surface area contributed by atoms with Crippen LogP contribution in [-0.2, 0) is 13.1 Å². The van der Waals surface area contributed by atoms with Crippen molar-refractivity contribution in [1.82, 2.24) is 24.6 Å². The summed E-state index contributed by atoms with van der Waals surface area (Å²) >= 11 is 0. The molecule has 1 aromatic carbocycles. The van der Waals surface area contributed by atoms with Crippen LogP contribution in [0.1, 0.15) is 25.2 Å². The monoisotopic (exact) mass is 323 g/mol. The molecule has 0 amide bonds. The van der Waals surface area contributed by atoms with Crippen LogP contribution in [0.3, 0.4) is 0 Å². The van der Waals surface area contributed by atoms with Crippen LogP contribution >= 0.6 is 0 Å². The SMILES string of the molecule is c1ccc(-c2cnc(CN3CCCCC3Cn3cncn3)o2)cc1. The van der Waals surface area contributed by atoms with Gasteiger partial charge in [-0.3, -0.25) is 9.58 Å². The second-order valence-corrected chi connectivity index (χ2v) is 6.22. The van der Waals surface area contributed by atoms with Gasteiger partial charge >= 0.3 is 0 Å². The maximum atomic E-state index is 5.97. The molecule has 1 atom stereocenters. The third kappa shape index (κ3) is 3.38. The predicted octanol–water partition coefficient (Wildman–Crippen LogP) is 2.99. The molecule has 3 aromatic rings. The van der Waals surface area contributed by atoms with Crippen LogP contribution in [0.5, 0.6) is 0 Å². The van der Waals surface area contributed by atoms with Crippen LogP contribution < -0.4 is 0 Å². The summed E-state index contributed by atoms with van der Waals surface area (Å²) < 4.78 is 7.88. The number of hydrogen-bond acceptors (Lipinski definition) is 5. The van der Waals surface area contributed by atoms with Gasteiger partial charge in [0.15, 0.2) is 5.76 Å². The molecular weight excluding hydrogens is 302 g/mol. The molecule has 1 unspecified atom stereocenters. The molecule has 24 heavy (non-hydrogen) atoms. The Balaban J connectivity index is 1.46. The Hall–Kier alpha value is -2.47. The fraction of sp³-hybridized carbons (Fsp3) is 0.389. The number of aromatic nitrogens is 4. The van der Waals surface area contributed by atoms with Crippen LogP contribution in [0.2, 0.25) is 0 Å². The van der Waals surface area contributed by atoms with E-state index >= 15 is 0 Å². The smallest absolute Gasteiger partial charge is 0.209 e. The first-order valence-electron chi connectivity index (χ1n) is 8.45. The Bertz CT molecular complexity index is 753. The van der Waals surface area contributed by atoms with Gasteiger partial charge < -0.3 is 4.42 Å². The van der Waals surface area contributed by atoms with Gasteiger partial charge in [0.2, 0.25) is 5.89 Å². The van der Waals surface area contributed by atoms with Gasteiger partial charge in [0, 0.05) is 11.6 Å². The van der Waals surface area contributed by atoms with Crippen molar-refractivity contribution < 1.29 is 4.42 Å². The van der Waals surface area contributed by atoms with E-state index in [1.54, 1.807) is 12.7 Å².